The Hall–Kier alpha value is -3.53. The Balaban J connectivity index is 2.09. The van der Waals surface area contributed by atoms with Crippen molar-refractivity contribution in [3.05, 3.63) is 77.9 Å². The normalized spacial score (nSPS) is 12.0. The van der Waals surface area contributed by atoms with E-state index in [0.717, 1.165) is 50.8 Å². The molecule has 4 nitrogen and oxygen atoms in total. The highest BCUT2D eigenvalue weighted by Crippen LogP contribution is 2.50. The summed E-state index contributed by atoms with van der Waals surface area (Å²) in [4.78, 5) is 8.85. The number of aromatic amines is 1. The predicted molar refractivity (Wildman–Crippen MR) is 145 cm³/mol. The summed E-state index contributed by atoms with van der Waals surface area (Å²) in [6, 6.07) is 22.9. The van der Waals surface area contributed by atoms with Crippen LogP contribution in [0.5, 0.6) is 11.5 Å². The first-order valence-electron chi connectivity index (χ1n) is 12.1. The van der Waals surface area contributed by atoms with E-state index in [1.807, 2.05) is 36.4 Å². The number of aromatic nitrogens is 2. The number of nitrogens with zero attached hydrogens (tertiary/aromatic N) is 1. The van der Waals surface area contributed by atoms with Crippen molar-refractivity contribution in [3.8, 4) is 45.4 Å². The fourth-order valence-electron chi connectivity index (χ4n) is 4.53. The van der Waals surface area contributed by atoms with Crippen LogP contribution < -0.4 is 9.47 Å². The van der Waals surface area contributed by atoms with Crippen LogP contribution in [0.3, 0.4) is 0 Å². The molecule has 0 atom stereocenters. The molecule has 4 aromatic rings. The molecule has 3 aromatic carbocycles. The number of ether oxygens (including phenoxy) is 2. The SMILES string of the molecule is COc1c(C(C)(C)C)cc(C(C)(C)C)c(-c2nc(-c3ccccc3)c(-c3ccccc3)[nH]2)c1OC. The second-order valence-corrected chi connectivity index (χ2v) is 11.0. The molecule has 35 heavy (non-hydrogen) atoms. The van der Waals surface area contributed by atoms with Gasteiger partial charge >= 0.3 is 0 Å². The van der Waals surface area contributed by atoms with Crippen LogP contribution in [-0.4, -0.2) is 24.2 Å². The summed E-state index contributed by atoms with van der Waals surface area (Å²) in [6.07, 6.45) is 0. The highest BCUT2D eigenvalue weighted by atomic mass is 16.5. The fourth-order valence-corrected chi connectivity index (χ4v) is 4.53. The van der Waals surface area contributed by atoms with Gasteiger partial charge in [-0.15, -0.1) is 0 Å². The van der Waals surface area contributed by atoms with Crippen molar-refractivity contribution >= 4 is 0 Å². The smallest absolute Gasteiger partial charge is 0.172 e. The molecule has 0 spiro atoms. The van der Waals surface area contributed by atoms with Crippen LogP contribution in [0, 0.1) is 0 Å². The molecule has 0 unspecified atom stereocenters. The van der Waals surface area contributed by atoms with Gasteiger partial charge in [-0.3, -0.25) is 0 Å². The average Bonchev–Trinajstić information content (AvgIpc) is 3.27. The number of hydrogen-bond acceptors (Lipinski definition) is 3. The first-order valence-corrected chi connectivity index (χ1v) is 12.1. The van der Waals surface area contributed by atoms with Crippen molar-refractivity contribution in [2.75, 3.05) is 14.2 Å². The van der Waals surface area contributed by atoms with Crippen LogP contribution in [-0.2, 0) is 10.8 Å². The summed E-state index contributed by atoms with van der Waals surface area (Å²) in [5.41, 5.74) is 6.97. The molecule has 0 amide bonds. The van der Waals surface area contributed by atoms with Gasteiger partial charge in [-0.05, 0) is 16.4 Å². The Morgan fingerprint density at radius 1 is 0.657 bits per heavy atom. The minimum atomic E-state index is -0.151. The molecular formula is C31H36N2O2. The van der Waals surface area contributed by atoms with Gasteiger partial charge in [-0.1, -0.05) is 108 Å². The van der Waals surface area contributed by atoms with E-state index in [4.69, 9.17) is 14.5 Å². The molecule has 4 heteroatoms. The largest absolute Gasteiger partial charge is 0.493 e. The molecule has 0 aliphatic rings. The van der Waals surface area contributed by atoms with E-state index in [9.17, 15) is 0 Å². The summed E-state index contributed by atoms with van der Waals surface area (Å²) in [5, 5.41) is 0. The van der Waals surface area contributed by atoms with Crippen molar-refractivity contribution in [1.82, 2.24) is 9.97 Å². The molecule has 1 N–H and O–H groups in total. The van der Waals surface area contributed by atoms with Crippen LogP contribution in [0.25, 0.3) is 33.9 Å². The van der Waals surface area contributed by atoms with Crippen LogP contribution in [0.4, 0.5) is 0 Å². The quantitative estimate of drug-likeness (QED) is 0.322. The number of nitrogens with one attached hydrogen (secondary N) is 1. The predicted octanol–water partition coefficient (Wildman–Crippen LogP) is 8.02. The lowest BCUT2D eigenvalue weighted by atomic mass is 9.77. The first-order chi connectivity index (χ1) is 16.6. The van der Waals surface area contributed by atoms with Gasteiger partial charge in [0.05, 0.1) is 31.2 Å². The molecule has 0 saturated heterocycles. The lowest BCUT2D eigenvalue weighted by Crippen LogP contribution is -2.19. The second-order valence-electron chi connectivity index (χ2n) is 11.0. The molecular weight excluding hydrogens is 432 g/mol. The molecule has 0 fully saturated rings. The van der Waals surface area contributed by atoms with E-state index >= 15 is 0 Å². The van der Waals surface area contributed by atoms with E-state index in [2.05, 4.69) is 76.9 Å². The monoisotopic (exact) mass is 468 g/mol. The van der Waals surface area contributed by atoms with Gasteiger partial charge in [0, 0.05) is 16.7 Å². The molecule has 4 rings (SSSR count). The molecule has 1 aromatic heterocycles. The summed E-state index contributed by atoms with van der Waals surface area (Å²) in [5.74, 6) is 2.22. The third-order valence-corrected chi connectivity index (χ3v) is 6.31. The third-order valence-electron chi connectivity index (χ3n) is 6.31. The van der Waals surface area contributed by atoms with Gasteiger partial charge in [-0.25, -0.2) is 4.98 Å². The highest BCUT2D eigenvalue weighted by Gasteiger charge is 2.32. The molecule has 182 valence electrons. The number of H-pyrrole nitrogens is 1. The summed E-state index contributed by atoms with van der Waals surface area (Å²) in [6.45, 7) is 13.3. The Kier molecular flexibility index (Phi) is 6.50. The Morgan fingerprint density at radius 3 is 1.66 bits per heavy atom. The van der Waals surface area contributed by atoms with Gasteiger partial charge in [-0.2, -0.15) is 0 Å². The lowest BCUT2D eigenvalue weighted by molar-refractivity contribution is 0.344. The highest BCUT2D eigenvalue weighted by molar-refractivity contribution is 5.84. The van der Waals surface area contributed by atoms with Crippen LogP contribution in [0.15, 0.2) is 66.7 Å². The van der Waals surface area contributed by atoms with Crippen LogP contribution >= 0.6 is 0 Å². The zero-order valence-corrected chi connectivity index (χ0v) is 22.1. The van der Waals surface area contributed by atoms with E-state index in [1.165, 1.54) is 0 Å². The number of benzene rings is 3. The summed E-state index contributed by atoms with van der Waals surface area (Å²) >= 11 is 0. The maximum absolute atomic E-state index is 6.07. The summed E-state index contributed by atoms with van der Waals surface area (Å²) in [7, 11) is 3.42. The van der Waals surface area contributed by atoms with Gasteiger partial charge < -0.3 is 14.5 Å². The maximum Gasteiger partial charge on any atom is 0.172 e. The number of methoxy groups -OCH3 is 2. The van der Waals surface area contributed by atoms with Crippen molar-refractivity contribution in [2.45, 2.75) is 52.4 Å². The van der Waals surface area contributed by atoms with Gasteiger partial charge in [0.1, 0.15) is 5.82 Å². The van der Waals surface area contributed by atoms with E-state index < -0.39 is 0 Å². The zero-order valence-electron chi connectivity index (χ0n) is 22.1. The van der Waals surface area contributed by atoms with E-state index in [0.29, 0.717) is 5.75 Å². The summed E-state index contributed by atoms with van der Waals surface area (Å²) < 4.78 is 12.0. The maximum atomic E-state index is 6.07. The third kappa shape index (κ3) is 4.70. The van der Waals surface area contributed by atoms with Crippen molar-refractivity contribution in [1.29, 1.82) is 0 Å². The van der Waals surface area contributed by atoms with Gasteiger partial charge in [0.15, 0.2) is 11.5 Å². The molecule has 0 aliphatic carbocycles. The Labute approximate surface area is 209 Å². The number of hydrogen-bond donors (Lipinski definition) is 1. The molecule has 0 saturated carbocycles. The Bertz CT molecular complexity index is 1250. The number of rotatable bonds is 5. The topological polar surface area (TPSA) is 47.1 Å². The molecule has 1 heterocycles. The van der Waals surface area contributed by atoms with E-state index in [-0.39, 0.29) is 10.8 Å². The van der Waals surface area contributed by atoms with Crippen molar-refractivity contribution < 1.29 is 9.47 Å². The lowest BCUT2D eigenvalue weighted by Gasteiger charge is -2.30. The average molecular weight is 469 g/mol. The van der Waals surface area contributed by atoms with Crippen molar-refractivity contribution in [3.63, 3.8) is 0 Å². The fraction of sp³-hybridized carbons (Fsp3) is 0.323. The van der Waals surface area contributed by atoms with Crippen LogP contribution in [0.2, 0.25) is 0 Å². The Morgan fingerprint density at radius 2 is 1.17 bits per heavy atom. The van der Waals surface area contributed by atoms with Gasteiger partial charge in [0.25, 0.3) is 0 Å². The minimum absolute atomic E-state index is 0.120. The molecule has 0 aliphatic heterocycles. The molecule has 0 bridgehead atoms. The minimum Gasteiger partial charge on any atom is -0.493 e. The standard InChI is InChI=1S/C31H36N2O2/c1-30(2,3)22-19-23(31(4,5)6)27(34-7)28(35-8)24(22)29-32-25(20-15-11-9-12-16-20)26(33-29)21-17-13-10-14-18-21/h9-19H,1-8H3,(H,32,33). The second kappa shape index (κ2) is 9.26. The van der Waals surface area contributed by atoms with Crippen molar-refractivity contribution in [2.24, 2.45) is 0 Å². The zero-order chi connectivity index (χ0) is 25.4. The van der Waals surface area contributed by atoms with E-state index in [1.54, 1.807) is 14.2 Å². The number of imidazole rings is 1. The van der Waals surface area contributed by atoms with Crippen LogP contribution in [0.1, 0.15) is 52.7 Å². The first kappa shape index (κ1) is 24.6. The molecule has 0 radical (unpaired) electrons. The van der Waals surface area contributed by atoms with Gasteiger partial charge in [0.2, 0.25) is 0 Å².